The lowest BCUT2D eigenvalue weighted by molar-refractivity contribution is -0.118. The van der Waals surface area contributed by atoms with Crippen molar-refractivity contribution >= 4 is 32.7 Å². The lowest BCUT2D eigenvalue weighted by Crippen LogP contribution is -2.47. The van der Waals surface area contributed by atoms with E-state index in [4.69, 9.17) is 9.47 Å². The van der Waals surface area contributed by atoms with Gasteiger partial charge in [0.05, 0.1) is 37.8 Å². The van der Waals surface area contributed by atoms with Gasteiger partial charge < -0.3 is 24.8 Å². The predicted octanol–water partition coefficient (Wildman–Crippen LogP) is 1.19. The number of carbonyl (C=O) groups excluding carboxylic acids is 1. The summed E-state index contributed by atoms with van der Waals surface area (Å²) in [6.45, 7) is 2.30. The van der Waals surface area contributed by atoms with Crippen LogP contribution in [0.2, 0.25) is 0 Å². The quantitative estimate of drug-likeness (QED) is 0.301. The fourth-order valence-electron chi connectivity index (χ4n) is 5.31. The molecule has 2 N–H and O–H groups in total. The summed E-state index contributed by atoms with van der Waals surface area (Å²) in [5.41, 5.74) is 1.04. The maximum Gasteiger partial charge on any atom is 0.407 e. The lowest BCUT2D eigenvalue weighted by Gasteiger charge is -2.47. The summed E-state index contributed by atoms with van der Waals surface area (Å²) in [6.07, 6.45) is 1.53. The molecule has 0 radical (unpaired) electrons. The number of nitrogens with zero attached hydrogens (tertiary/aromatic N) is 3. The summed E-state index contributed by atoms with van der Waals surface area (Å²) >= 11 is 0. The molecule has 1 fully saturated rings. The van der Waals surface area contributed by atoms with Crippen LogP contribution in [0.5, 0.6) is 0 Å². The highest BCUT2D eigenvalue weighted by Crippen LogP contribution is 2.46. The number of fused-ring (bicyclic) bond motifs is 1. The SMILES string of the molecule is C[C@@H]1Cc2nn(S(C)(=O)=O)c(C(=O)NCCC3(COC[SH](=O)=O)CC(OCc4ccccc4)C3)c2CN1C(=O)O. The van der Waals surface area contributed by atoms with Gasteiger partial charge >= 0.3 is 6.09 Å². The van der Waals surface area contributed by atoms with E-state index >= 15 is 0 Å². The van der Waals surface area contributed by atoms with E-state index in [2.05, 4.69) is 10.4 Å². The first kappa shape index (κ1) is 30.0. The largest absolute Gasteiger partial charge is 0.465 e. The van der Waals surface area contributed by atoms with E-state index in [0.29, 0.717) is 35.7 Å². The molecule has 0 spiro atoms. The van der Waals surface area contributed by atoms with Crippen molar-refractivity contribution < 1.29 is 41.0 Å². The average Bonchev–Trinajstić information content (AvgIpc) is 3.24. The summed E-state index contributed by atoms with van der Waals surface area (Å²) in [6, 6.07) is 9.28. The van der Waals surface area contributed by atoms with Crippen LogP contribution in [0.4, 0.5) is 4.79 Å². The van der Waals surface area contributed by atoms with Crippen molar-refractivity contribution in [3.63, 3.8) is 0 Å². The molecule has 2 aliphatic rings. The maximum atomic E-state index is 13.3. The number of thiol groups is 1. The van der Waals surface area contributed by atoms with Gasteiger partial charge in [0.2, 0.25) is 0 Å². The van der Waals surface area contributed by atoms with Crippen LogP contribution in [0.3, 0.4) is 0 Å². The van der Waals surface area contributed by atoms with Crippen molar-refractivity contribution in [2.75, 3.05) is 25.3 Å². The van der Waals surface area contributed by atoms with Crippen molar-refractivity contribution in [2.24, 2.45) is 5.41 Å². The Morgan fingerprint density at radius 3 is 2.55 bits per heavy atom. The molecular formula is C25H34N4O9S2. The first-order valence-corrected chi connectivity index (χ1v) is 16.0. The van der Waals surface area contributed by atoms with Gasteiger partial charge in [0.15, 0.2) is 10.7 Å². The second-order valence-electron chi connectivity index (χ2n) is 10.5. The third kappa shape index (κ3) is 7.00. The highest BCUT2D eigenvalue weighted by molar-refractivity contribution is 7.89. The molecule has 1 atom stereocenters. The molecule has 2 aromatic rings. The van der Waals surface area contributed by atoms with E-state index in [1.165, 1.54) is 0 Å². The summed E-state index contributed by atoms with van der Waals surface area (Å²) in [5.74, 6) is -1.09. The maximum absolute atomic E-state index is 13.3. The van der Waals surface area contributed by atoms with Crippen LogP contribution in [0, 0.1) is 5.41 Å². The number of benzene rings is 1. The zero-order valence-electron chi connectivity index (χ0n) is 22.3. The van der Waals surface area contributed by atoms with Gasteiger partial charge in [0, 0.05) is 30.0 Å². The monoisotopic (exact) mass is 598 g/mol. The molecule has 1 aromatic heterocycles. The minimum atomic E-state index is -3.95. The Labute approximate surface area is 234 Å². The minimum Gasteiger partial charge on any atom is -0.465 e. The number of aromatic nitrogens is 2. The number of hydrogen-bond donors (Lipinski definition) is 3. The van der Waals surface area contributed by atoms with E-state index in [-0.39, 0.29) is 43.5 Å². The van der Waals surface area contributed by atoms with E-state index < -0.39 is 50.1 Å². The fraction of sp³-hybridized carbons (Fsp3) is 0.560. The Balaban J connectivity index is 1.43. The Hall–Kier alpha value is -3.01. The standard InChI is InChI=1S/C25H34N4O9S2/c1-17-10-21-20(13-28(17)24(31)32)22(29(27-21)40(2,35)36)23(30)26-9-8-25(15-37-16-39(33)34)11-19(12-25)38-14-18-6-4-3-5-7-18/h3-7,17,19,39H,8-16H2,1-2H3,(H,26,30)(H,31,32)/t17-,19?,25?/m1/s1. The zero-order valence-corrected chi connectivity index (χ0v) is 24.0. The Bertz CT molecular complexity index is 1410. The van der Waals surface area contributed by atoms with Gasteiger partial charge in [-0.1, -0.05) is 30.3 Å². The zero-order chi connectivity index (χ0) is 29.1. The van der Waals surface area contributed by atoms with Gasteiger partial charge in [-0.2, -0.15) is 9.19 Å². The molecule has 15 heteroatoms. The van der Waals surface area contributed by atoms with Gasteiger partial charge in [0.25, 0.3) is 15.9 Å². The van der Waals surface area contributed by atoms with Gasteiger partial charge in [-0.3, -0.25) is 4.79 Å². The van der Waals surface area contributed by atoms with E-state index in [0.717, 1.165) is 16.7 Å². The molecule has 220 valence electrons. The Kier molecular flexibility index (Phi) is 9.17. The van der Waals surface area contributed by atoms with Crippen LogP contribution in [0.1, 0.15) is 53.5 Å². The lowest BCUT2D eigenvalue weighted by atomic mass is 9.65. The van der Waals surface area contributed by atoms with Crippen LogP contribution in [0.15, 0.2) is 30.3 Å². The number of carboxylic acid groups (broad SMARTS) is 1. The van der Waals surface area contributed by atoms with Crippen molar-refractivity contribution in [1.29, 1.82) is 0 Å². The van der Waals surface area contributed by atoms with Crippen LogP contribution >= 0.6 is 0 Å². The van der Waals surface area contributed by atoms with Gasteiger partial charge in [-0.25, -0.2) is 21.6 Å². The van der Waals surface area contributed by atoms with Gasteiger partial charge in [0.1, 0.15) is 11.6 Å². The molecule has 1 aliphatic heterocycles. The van der Waals surface area contributed by atoms with E-state index in [1.807, 2.05) is 30.3 Å². The summed E-state index contributed by atoms with van der Waals surface area (Å²) in [5, 5.41) is 16.4. The number of carbonyl (C=O) groups is 2. The molecule has 40 heavy (non-hydrogen) atoms. The third-order valence-electron chi connectivity index (χ3n) is 7.36. The molecule has 0 bridgehead atoms. The third-order valence-corrected chi connectivity index (χ3v) is 8.64. The number of ether oxygens (including phenoxy) is 2. The molecule has 1 aliphatic carbocycles. The van der Waals surface area contributed by atoms with E-state index in [1.54, 1.807) is 6.92 Å². The van der Waals surface area contributed by atoms with Crippen molar-refractivity contribution in [3.05, 3.63) is 52.8 Å². The summed E-state index contributed by atoms with van der Waals surface area (Å²) in [7, 11) is -6.64. The summed E-state index contributed by atoms with van der Waals surface area (Å²) in [4.78, 5) is 26.1. The Morgan fingerprint density at radius 2 is 1.93 bits per heavy atom. The molecular weight excluding hydrogens is 564 g/mol. The average molecular weight is 599 g/mol. The molecule has 2 heterocycles. The molecule has 2 amide bonds. The van der Waals surface area contributed by atoms with Crippen molar-refractivity contribution in [2.45, 2.75) is 57.9 Å². The van der Waals surface area contributed by atoms with Gasteiger partial charge in [-0.15, -0.1) is 0 Å². The number of rotatable bonds is 12. The van der Waals surface area contributed by atoms with Crippen LogP contribution in [0.25, 0.3) is 0 Å². The fourth-order valence-corrected chi connectivity index (χ4v) is 6.32. The number of amides is 2. The van der Waals surface area contributed by atoms with Crippen LogP contribution < -0.4 is 5.32 Å². The Morgan fingerprint density at radius 1 is 1.23 bits per heavy atom. The smallest absolute Gasteiger partial charge is 0.407 e. The molecule has 0 unspecified atom stereocenters. The predicted molar refractivity (Wildman–Crippen MR) is 144 cm³/mol. The van der Waals surface area contributed by atoms with Gasteiger partial charge in [-0.05, 0) is 31.7 Å². The second-order valence-corrected chi connectivity index (χ2v) is 13.2. The molecule has 13 nitrogen and oxygen atoms in total. The van der Waals surface area contributed by atoms with E-state index in [9.17, 15) is 31.5 Å². The normalized spacial score (nSPS) is 22.5. The molecule has 4 rings (SSSR count). The number of hydrogen-bond acceptors (Lipinski definition) is 9. The highest BCUT2D eigenvalue weighted by Gasteiger charge is 2.45. The first-order valence-electron chi connectivity index (χ1n) is 12.8. The molecule has 0 saturated heterocycles. The number of nitrogens with one attached hydrogen (secondary N) is 1. The second kappa shape index (κ2) is 12.2. The first-order chi connectivity index (χ1) is 18.9. The van der Waals surface area contributed by atoms with Crippen LogP contribution in [-0.2, 0) is 49.8 Å². The van der Waals surface area contributed by atoms with Crippen molar-refractivity contribution in [3.8, 4) is 0 Å². The van der Waals surface area contributed by atoms with Crippen molar-refractivity contribution in [1.82, 2.24) is 19.4 Å². The summed E-state index contributed by atoms with van der Waals surface area (Å²) < 4.78 is 59.0. The van der Waals surface area contributed by atoms with Crippen LogP contribution in [-0.4, -0.2) is 85.5 Å². The highest BCUT2D eigenvalue weighted by atomic mass is 32.2. The molecule has 1 saturated carbocycles. The molecule has 1 aromatic carbocycles. The minimum absolute atomic E-state index is 0.0526. The topological polar surface area (TPSA) is 174 Å².